The third-order valence-corrected chi connectivity index (χ3v) is 10.3. The Bertz CT molecular complexity index is 1550. The third-order valence-electron chi connectivity index (χ3n) is 9.94. The largest absolute Gasteiger partial charge is 0.507 e. The number of amides is 1. The number of carbonyl (C=O) groups is 2. The van der Waals surface area contributed by atoms with Crippen molar-refractivity contribution in [1.82, 2.24) is 15.2 Å². The average molecular weight is 632 g/mol. The molecule has 0 aliphatic heterocycles. The first-order valence-corrected chi connectivity index (χ1v) is 16.5. The van der Waals surface area contributed by atoms with E-state index in [0.717, 1.165) is 67.3 Å². The van der Waals surface area contributed by atoms with Crippen LogP contribution in [0.2, 0.25) is 5.02 Å². The fourth-order valence-electron chi connectivity index (χ4n) is 8.11. The minimum Gasteiger partial charge on any atom is -0.492 e. The van der Waals surface area contributed by atoms with Gasteiger partial charge in [0.2, 0.25) is 0 Å². The molecule has 4 saturated carbocycles. The number of pyridine rings is 1. The molecule has 0 unspecified atom stereocenters. The van der Waals surface area contributed by atoms with Gasteiger partial charge < -0.3 is 24.8 Å². The molecule has 9 heteroatoms. The minimum absolute atomic E-state index is 0.0348. The van der Waals surface area contributed by atoms with Crippen molar-refractivity contribution in [2.24, 2.45) is 23.7 Å². The molecule has 0 spiro atoms. The lowest BCUT2D eigenvalue weighted by atomic mass is 9.52. The van der Waals surface area contributed by atoms with E-state index in [-0.39, 0.29) is 17.5 Å². The third kappa shape index (κ3) is 6.40. The Morgan fingerprint density at radius 3 is 2.38 bits per heavy atom. The molecule has 4 aliphatic rings. The van der Waals surface area contributed by atoms with E-state index in [0.29, 0.717) is 34.9 Å². The highest BCUT2D eigenvalue weighted by Crippen LogP contribution is 2.58. The molecule has 4 bridgehead atoms. The Morgan fingerprint density at radius 2 is 1.71 bits per heavy atom. The monoisotopic (exact) mass is 631 g/mol. The van der Waals surface area contributed by atoms with Gasteiger partial charge in [0.1, 0.15) is 11.4 Å². The van der Waals surface area contributed by atoms with Crippen molar-refractivity contribution < 1.29 is 24.2 Å². The summed E-state index contributed by atoms with van der Waals surface area (Å²) in [5.41, 5.74) is 3.43. The Kier molecular flexibility index (Phi) is 9.07. The number of rotatable bonds is 11. The number of carboxylic acid groups (broad SMARTS) is 1. The van der Waals surface area contributed by atoms with Crippen LogP contribution in [-0.2, 0) is 11.2 Å². The number of benzene rings is 2. The van der Waals surface area contributed by atoms with Gasteiger partial charge in [0.15, 0.2) is 5.72 Å². The van der Waals surface area contributed by atoms with Gasteiger partial charge in [-0.1, -0.05) is 48.9 Å². The van der Waals surface area contributed by atoms with Crippen LogP contribution in [0.3, 0.4) is 0 Å². The number of aromatic nitrogens is 1. The summed E-state index contributed by atoms with van der Waals surface area (Å²) in [5, 5.41) is 13.4. The van der Waals surface area contributed by atoms with Crippen LogP contribution in [0.5, 0.6) is 5.75 Å². The molecule has 0 saturated heterocycles. The molecule has 4 aliphatic carbocycles. The normalized spacial score (nSPS) is 24.9. The van der Waals surface area contributed by atoms with Crippen molar-refractivity contribution in [3.63, 3.8) is 0 Å². The van der Waals surface area contributed by atoms with Crippen molar-refractivity contribution in [3.8, 4) is 28.1 Å². The maximum Gasteiger partial charge on any atom is 0.507 e. The standard InChI is InChI=1S/C36H42ClN3O5/c1-4-24-8-5-6-9-28(24)29-11-13-31(38-33(29)25-10-12-30(37)32(21-25)44-15-7-14-40(2)3)34(41)39-36(45-35(42)43)26-17-22-16-23(19-26)20-27(36)18-22/h5-6,8-13,21-23,26-27H,4,7,14-20H2,1-3H3,(H,39,41)(H,42,43). The zero-order valence-electron chi connectivity index (χ0n) is 26.2. The molecule has 45 heavy (non-hydrogen) atoms. The van der Waals surface area contributed by atoms with Crippen LogP contribution in [0.1, 0.15) is 61.5 Å². The van der Waals surface area contributed by atoms with Crippen molar-refractivity contribution in [2.45, 2.75) is 57.6 Å². The molecular formula is C36H42ClN3O5. The van der Waals surface area contributed by atoms with Gasteiger partial charge in [0.25, 0.3) is 5.91 Å². The SMILES string of the molecule is CCc1ccccc1-c1ccc(C(=O)NC2(OC(=O)O)C3CC4CC(C3)CC2C4)nc1-c1ccc(Cl)c(OCCCN(C)C)c1. The number of ether oxygens (including phenoxy) is 2. The van der Waals surface area contributed by atoms with Crippen molar-refractivity contribution in [3.05, 3.63) is 70.9 Å². The molecule has 0 atom stereocenters. The number of aryl methyl sites for hydroxylation is 1. The summed E-state index contributed by atoms with van der Waals surface area (Å²) in [6, 6.07) is 17.4. The maximum atomic E-state index is 14.0. The van der Waals surface area contributed by atoms with Crippen LogP contribution < -0.4 is 10.1 Å². The molecule has 2 aromatic carbocycles. The number of nitrogens with one attached hydrogen (secondary N) is 1. The summed E-state index contributed by atoms with van der Waals surface area (Å²) in [5.74, 6) is 1.19. The van der Waals surface area contributed by atoms with Gasteiger partial charge in [-0.15, -0.1) is 0 Å². The quantitative estimate of drug-likeness (QED) is 0.128. The van der Waals surface area contributed by atoms with Crippen LogP contribution in [0.4, 0.5) is 4.79 Å². The van der Waals surface area contributed by atoms with Gasteiger partial charge in [-0.2, -0.15) is 0 Å². The van der Waals surface area contributed by atoms with Crippen LogP contribution in [0.15, 0.2) is 54.6 Å². The van der Waals surface area contributed by atoms with E-state index in [2.05, 4.69) is 29.3 Å². The number of nitrogens with zero attached hydrogens (tertiary/aromatic N) is 2. The van der Waals surface area contributed by atoms with Gasteiger partial charge in [-0.25, -0.2) is 9.78 Å². The second-order valence-corrected chi connectivity index (χ2v) is 13.6. The van der Waals surface area contributed by atoms with Crippen molar-refractivity contribution in [1.29, 1.82) is 0 Å². The van der Waals surface area contributed by atoms with E-state index in [1.165, 1.54) is 6.42 Å². The van der Waals surface area contributed by atoms with Gasteiger partial charge >= 0.3 is 6.16 Å². The van der Waals surface area contributed by atoms with Crippen molar-refractivity contribution in [2.75, 3.05) is 27.2 Å². The summed E-state index contributed by atoms with van der Waals surface area (Å²) in [6.07, 6.45) is 4.99. The molecule has 1 heterocycles. The summed E-state index contributed by atoms with van der Waals surface area (Å²) in [7, 11) is 4.05. The number of halogens is 1. The maximum absolute atomic E-state index is 14.0. The van der Waals surface area contributed by atoms with E-state index in [9.17, 15) is 14.7 Å². The molecule has 2 N–H and O–H groups in total. The lowest BCUT2D eigenvalue weighted by Crippen LogP contribution is -2.68. The molecule has 1 aromatic heterocycles. The second kappa shape index (κ2) is 13.0. The molecule has 7 rings (SSSR count). The van der Waals surface area contributed by atoms with Crippen LogP contribution in [0.25, 0.3) is 22.4 Å². The Hall–Kier alpha value is -3.62. The molecule has 1 amide bonds. The molecule has 8 nitrogen and oxygen atoms in total. The van der Waals surface area contributed by atoms with E-state index in [4.69, 9.17) is 26.1 Å². The van der Waals surface area contributed by atoms with E-state index in [1.807, 2.05) is 44.4 Å². The molecule has 4 fully saturated rings. The first kappa shape index (κ1) is 31.4. The first-order chi connectivity index (χ1) is 21.7. The van der Waals surface area contributed by atoms with E-state index in [1.54, 1.807) is 12.1 Å². The minimum atomic E-state index is -1.36. The van der Waals surface area contributed by atoms with Crippen LogP contribution in [-0.4, -0.2) is 60.0 Å². The van der Waals surface area contributed by atoms with Gasteiger partial charge in [-0.05, 0) is 106 Å². The van der Waals surface area contributed by atoms with E-state index >= 15 is 0 Å². The fourth-order valence-corrected chi connectivity index (χ4v) is 8.28. The highest BCUT2D eigenvalue weighted by atomic mass is 35.5. The average Bonchev–Trinajstić information content (AvgIpc) is 3.01. The highest BCUT2D eigenvalue weighted by Gasteiger charge is 2.60. The zero-order chi connectivity index (χ0) is 31.7. The lowest BCUT2D eigenvalue weighted by molar-refractivity contribution is -0.191. The Labute approximate surface area is 270 Å². The lowest BCUT2D eigenvalue weighted by Gasteiger charge is -2.59. The summed E-state index contributed by atoms with van der Waals surface area (Å²) in [6.45, 7) is 3.52. The fraction of sp³-hybridized carbons (Fsp3) is 0.472. The number of hydrogen-bond acceptors (Lipinski definition) is 6. The Balaban J connectivity index is 1.37. The second-order valence-electron chi connectivity index (χ2n) is 13.2. The van der Waals surface area contributed by atoms with Gasteiger partial charge in [0, 0.05) is 29.5 Å². The van der Waals surface area contributed by atoms with Gasteiger partial charge in [-0.3, -0.25) is 4.79 Å². The smallest absolute Gasteiger partial charge is 0.492 e. The summed E-state index contributed by atoms with van der Waals surface area (Å²) in [4.78, 5) is 33.1. The predicted octanol–water partition coefficient (Wildman–Crippen LogP) is 7.54. The van der Waals surface area contributed by atoms with Crippen LogP contribution >= 0.6 is 11.6 Å². The molecular weight excluding hydrogens is 590 g/mol. The van der Waals surface area contributed by atoms with Crippen LogP contribution in [0, 0.1) is 23.7 Å². The highest BCUT2D eigenvalue weighted by molar-refractivity contribution is 6.32. The van der Waals surface area contributed by atoms with Gasteiger partial charge in [0.05, 0.1) is 17.3 Å². The molecule has 3 aromatic rings. The number of carbonyl (C=O) groups excluding carboxylic acids is 1. The topological polar surface area (TPSA) is 101 Å². The zero-order valence-corrected chi connectivity index (χ0v) is 27.0. The molecule has 0 radical (unpaired) electrons. The predicted molar refractivity (Wildman–Crippen MR) is 175 cm³/mol. The van der Waals surface area contributed by atoms with E-state index < -0.39 is 17.8 Å². The number of hydrogen-bond donors (Lipinski definition) is 2. The first-order valence-electron chi connectivity index (χ1n) is 16.1. The summed E-state index contributed by atoms with van der Waals surface area (Å²) >= 11 is 6.55. The Morgan fingerprint density at radius 1 is 1.00 bits per heavy atom. The molecule has 238 valence electrons. The summed E-state index contributed by atoms with van der Waals surface area (Å²) < 4.78 is 11.7. The van der Waals surface area contributed by atoms with Crippen molar-refractivity contribution >= 4 is 23.7 Å².